The summed E-state index contributed by atoms with van der Waals surface area (Å²) in [5.74, 6) is -3.07. The minimum atomic E-state index is -1.09. The monoisotopic (exact) mass is 1630 g/mol. The molecule has 6 saturated heterocycles. The van der Waals surface area contributed by atoms with Gasteiger partial charge in [0.15, 0.2) is 23.1 Å². The van der Waals surface area contributed by atoms with Crippen molar-refractivity contribution >= 4 is 46.8 Å². The minimum absolute atomic E-state index is 0.0127. The minimum Gasteiger partial charge on any atom is -0.355 e. The third-order valence-corrected chi connectivity index (χ3v) is 27.5. The molecule has 16 nitrogen and oxygen atoms in total. The smallest absolute Gasteiger partial charge is 0.236 e. The summed E-state index contributed by atoms with van der Waals surface area (Å²) in [6.07, 6.45) is 9.15. The van der Waals surface area contributed by atoms with Crippen LogP contribution in [-0.2, 0) is 94.9 Å². The lowest BCUT2D eigenvalue weighted by molar-refractivity contribution is -0.239. The molecular formula is C98H99ClF4N6O10. The number of rotatable bonds is 11. The number of benzene rings is 8. The SMILES string of the molecule is C[C@H]1[C@@H]2CCN(Cc3ccccc3F)C(=O)[C@@]2(c2ccccc2)CCC12OCCO2.C[C@H]1[C@@H]2CCNC(=O)[C@@]2(c2ccccc2)CCC12OCCO2.Fc1ccccc1CCl.[C-]#[N+]C1=C[C@@]2(c3ccccc3)C(=O)N(Cc3ccccc3F)CC[C@@H]2[C@@H](C)C1=O.[C-]#[N+]C1=C[C@]2(c3ccccc3)C(=O)N(Cc3ccccc3F)CC[C@H]2[C@H](C)C1=O. The molecule has 4 amide bonds. The third-order valence-electron chi connectivity index (χ3n) is 27.2. The van der Waals surface area contributed by atoms with Gasteiger partial charge in [0, 0.05) is 105 Å². The molecule has 2 saturated carbocycles. The summed E-state index contributed by atoms with van der Waals surface area (Å²) >= 11 is 5.39. The summed E-state index contributed by atoms with van der Waals surface area (Å²) in [7, 11) is 0. The summed E-state index contributed by atoms with van der Waals surface area (Å²) in [6, 6.07) is 65.1. The van der Waals surface area contributed by atoms with E-state index in [1.807, 2.05) is 122 Å². The number of fused-ring (bicyclic) bond motifs is 4. The normalized spacial score (nSPS) is 28.1. The van der Waals surface area contributed by atoms with E-state index in [2.05, 4.69) is 53.1 Å². The highest BCUT2D eigenvalue weighted by molar-refractivity contribution is 6.17. The van der Waals surface area contributed by atoms with Crippen molar-refractivity contribution in [3.8, 4) is 0 Å². The van der Waals surface area contributed by atoms with E-state index in [9.17, 15) is 46.3 Å². The molecule has 119 heavy (non-hydrogen) atoms. The number of ether oxygens (including phenoxy) is 4. The van der Waals surface area contributed by atoms with E-state index >= 15 is 0 Å². The summed E-state index contributed by atoms with van der Waals surface area (Å²) in [6.45, 7) is 28.4. The van der Waals surface area contributed by atoms with Crippen molar-refractivity contribution in [3.05, 3.63) is 333 Å². The predicted molar refractivity (Wildman–Crippen MR) is 443 cm³/mol. The Kier molecular flexibility index (Phi) is 25.7. The lowest BCUT2D eigenvalue weighted by Crippen LogP contribution is -2.64. The van der Waals surface area contributed by atoms with Crippen LogP contribution in [0.25, 0.3) is 9.69 Å². The van der Waals surface area contributed by atoms with Crippen LogP contribution in [0.15, 0.2) is 242 Å². The molecule has 1 N–H and O–H groups in total. The lowest BCUT2D eigenvalue weighted by atomic mass is 9.54. The predicted octanol–water partition coefficient (Wildman–Crippen LogP) is 17.4. The number of nitrogens with one attached hydrogen (secondary N) is 1. The highest BCUT2D eigenvalue weighted by Crippen LogP contribution is 2.59. The lowest BCUT2D eigenvalue weighted by Gasteiger charge is -2.56. The molecule has 0 bridgehead atoms. The molecule has 18 rings (SSSR count). The summed E-state index contributed by atoms with van der Waals surface area (Å²) < 4.78 is 79.5. The maximum Gasteiger partial charge on any atom is 0.236 e. The number of ketones is 2. The molecule has 8 aromatic carbocycles. The Morgan fingerprint density at radius 3 is 1.06 bits per heavy atom. The van der Waals surface area contributed by atoms with Crippen LogP contribution in [0, 0.1) is 83.8 Å². The van der Waals surface area contributed by atoms with Crippen molar-refractivity contribution in [3.63, 3.8) is 0 Å². The van der Waals surface area contributed by atoms with E-state index in [1.54, 1.807) is 88.7 Å². The largest absolute Gasteiger partial charge is 0.355 e. The molecule has 0 aromatic heterocycles. The second-order valence-corrected chi connectivity index (χ2v) is 33.1. The molecule has 4 aliphatic carbocycles. The first-order valence-electron chi connectivity index (χ1n) is 41.3. The molecule has 6 heterocycles. The van der Waals surface area contributed by atoms with Crippen LogP contribution in [0.4, 0.5) is 17.6 Å². The second kappa shape index (κ2) is 36.1. The van der Waals surface area contributed by atoms with E-state index in [0.717, 1.165) is 54.5 Å². The van der Waals surface area contributed by atoms with Crippen LogP contribution >= 0.6 is 11.6 Å². The van der Waals surface area contributed by atoms with Crippen molar-refractivity contribution in [2.75, 3.05) is 52.6 Å². The molecule has 8 aromatic rings. The number of piperidine rings is 4. The quantitative estimate of drug-likeness (QED) is 0.0747. The number of carbonyl (C=O) groups is 6. The number of allylic oxidation sites excluding steroid dienone is 2. The van der Waals surface area contributed by atoms with Gasteiger partial charge in [-0.3, -0.25) is 19.2 Å². The van der Waals surface area contributed by atoms with Gasteiger partial charge in [0.2, 0.25) is 35.0 Å². The van der Waals surface area contributed by atoms with Gasteiger partial charge in [-0.15, -0.1) is 11.6 Å². The van der Waals surface area contributed by atoms with Gasteiger partial charge in [-0.05, 0) is 109 Å². The first kappa shape index (κ1) is 84.7. The van der Waals surface area contributed by atoms with Gasteiger partial charge in [-0.2, -0.15) is 0 Å². The number of likely N-dealkylation sites (tertiary alicyclic amines) is 3. The molecule has 21 heteroatoms. The van der Waals surface area contributed by atoms with Crippen LogP contribution in [0.2, 0.25) is 0 Å². The van der Waals surface area contributed by atoms with Crippen molar-refractivity contribution in [1.29, 1.82) is 0 Å². The molecule has 616 valence electrons. The molecule has 0 unspecified atom stereocenters. The zero-order chi connectivity index (χ0) is 83.9. The number of hydrogen-bond donors (Lipinski definition) is 1. The molecular weight excluding hydrogens is 1530 g/mol. The molecule has 0 radical (unpaired) electrons. The van der Waals surface area contributed by atoms with Crippen LogP contribution in [0.1, 0.15) is 124 Å². The van der Waals surface area contributed by atoms with E-state index in [4.69, 9.17) is 43.7 Å². The van der Waals surface area contributed by atoms with Gasteiger partial charge in [0.05, 0.1) is 67.1 Å². The van der Waals surface area contributed by atoms with Gasteiger partial charge < -0.3 is 48.6 Å². The highest BCUT2D eigenvalue weighted by atomic mass is 35.5. The average Bonchev–Trinajstić information content (AvgIpc) is 1.64. The molecule has 8 fully saturated rings. The van der Waals surface area contributed by atoms with Gasteiger partial charge in [-0.1, -0.05) is 234 Å². The summed E-state index contributed by atoms with van der Waals surface area (Å²) in [5, 5.41) is 3.10. The van der Waals surface area contributed by atoms with E-state index < -0.39 is 45.1 Å². The highest BCUT2D eigenvalue weighted by Gasteiger charge is 2.65. The number of alkyl halides is 1. The Morgan fingerprint density at radius 2 is 0.706 bits per heavy atom. The average molecular weight is 1630 g/mol. The number of hydrogen-bond acceptors (Lipinski definition) is 10. The summed E-state index contributed by atoms with van der Waals surface area (Å²) in [5.41, 5.74) is 2.57. The number of halogens is 5. The molecule has 2 spiro atoms. The fourth-order valence-corrected chi connectivity index (χ4v) is 21.3. The fraction of sp³-hybridized carbons (Fsp3) is 0.388. The van der Waals surface area contributed by atoms with E-state index in [0.29, 0.717) is 101 Å². The standard InChI is InChI=1S/C25H28FNO3.2C24H21FN2O2.C18H23NO3.C7H6ClF/c1-18-21-11-14-27(17-19-7-5-6-10-22(19)26)23(28)24(21,20-8-3-2-4-9-20)12-13-25(18)29-15-16-30-25;2*1-16-19-12-13-27(15-17-8-6-7-11-20(17)25)23(29)24(19,14-21(26-2)22(16)28)18-9-4-3-5-10-18;1-13-15-7-10-19-16(20)17(15,14-5-3-2-4-6-14)8-9-18(13)21-11-12-22-18;8-5-6-3-1-2-4-7(6)9/h2-10,18,21H,11-17H2,1H3;2*3-11,14,16,19H,12-13,15H2,1H3;2-6,13,15H,7-12H2,1H3,(H,19,20);1-4H,5H2/t18-,21-,24+;2*16-,19-,24+;13-,15-,17+;/m0100./s1. The second-order valence-electron chi connectivity index (χ2n) is 32.8. The number of amides is 4. The third kappa shape index (κ3) is 15.8. The maximum absolute atomic E-state index is 14.3. The van der Waals surface area contributed by atoms with Gasteiger partial charge in [0.25, 0.3) is 0 Å². The Morgan fingerprint density at radius 1 is 0.395 bits per heavy atom. The Bertz CT molecular complexity index is 5020. The molecule has 12 atom stereocenters. The van der Waals surface area contributed by atoms with Crippen LogP contribution in [-0.4, -0.2) is 114 Å². The Labute approximate surface area is 698 Å². The number of carbonyl (C=O) groups excluding carboxylic acids is 6. The van der Waals surface area contributed by atoms with Crippen molar-refractivity contribution in [1.82, 2.24) is 20.0 Å². The first-order valence-corrected chi connectivity index (χ1v) is 41.8. The first-order chi connectivity index (χ1) is 57.6. The van der Waals surface area contributed by atoms with E-state index in [1.165, 1.54) is 24.3 Å². The van der Waals surface area contributed by atoms with Gasteiger partial charge in [-0.25, -0.2) is 27.3 Å². The van der Waals surface area contributed by atoms with Gasteiger partial charge >= 0.3 is 0 Å². The zero-order valence-electron chi connectivity index (χ0n) is 67.4. The van der Waals surface area contributed by atoms with Crippen LogP contribution in [0.5, 0.6) is 0 Å². The number of nitrogens with zero attached hydrogens (tertiary/aromatic N) is 5. The van der Waals surface area contributed by atoms with E-state index in [-0.39, 0.29) is 124 Å². The number of Topliss-reactive ketones (excluding diaryl/α,β-unsaturated/α-hetero) is 2. The molecule has 10 aliphatic rings. The zero-order valence-corrected chi connectivity index (χ0v) is 68.2. The van der Waals surface area contributed by atoms with Crippen LogP contribution < -0.4 is 5.32 Å². The van der Waals surface area contributed by atoms with Crippen molar-refractivity contribution in [2.45, 2.75) is 138 Å². The Balaban J connectivity index is 0.000000126. The fourth-order valence-electron chi connectivity index (χ4n) is 21.1. The maximum atomic E-state index is 14.3. The van der Waals surface area contributed by atoms with Crippen LogP contribution in [0.3, 0.4) is 0 Å². The van der Waals surface area contributed by atoms with Crippen molar-refractivity contribution in [2.24, 2.45) is 47.3 Å². The van der Waals surface area contributed by atoms with Gasteiger partial charge in [0.1, 0.15) is 23.3 Å². The Hall–Kier alpha value is -10.7. The summed E-state index contributed by atoms with van der Waals surface area (Å²) in [4.78, 5) is 92.0. The van der Waals surface area contributed by atoms with Crippen molar-refractivity contribution < 1.29 is 65.3 Å². The topological polar surface area (TPSA) is 170 Å². The molecule has 6 aliphatic heterocycles.